The summed E-state index contributed by atoms with van der Waals surface area (Å²) in [6, 6.07) is 15.0. The quantitative estimate of drug-likeness (QED) is 0.654. The lowest BCUT2D eigenvalue weighted by molar-refractivity contribution is 0.0949. The Balaban J connectivity index is 1.33. The van der Waals surface area contributed by atoms with Crippen LogP contribution in [0, 0.1) is 5.92 Å². The molecule has 1 aromatic carbocycles. The van der Waals surface area contributed by atoms with Gasteiger partial charge in [-0.15, -0.1) is 0 Å². The van der Waals surface area contributed by atoms with Gasteiger partial charge in [0.1, 0.15) is 11.3 Å². The summed E-state index contributed by atoms with van der Waals surface area (Å²) in [7, 11) is 0. The van der Waals surface area contributed by atoms with E-state index in [1.807, 2.05) is 12.1 Å². The van der Waals surface area contributed by atoms with Crippen LogP contribution in [0.4, 0.5) is 0 Å². The minimum atomic E-state index is -0.437. The van der Waals surface area contributed by atoms with Crippen molar-refractivity contribution in [3.05, 3.63) is 81.8 Å². The first-order valence-electron chi connectivity index (χ1n) is 10.4. The van der Waals surface area contributed by atoms with Gasteiger partial charge in [0.15, 0.2) is 0 Å². The molecule has 2 N–H and O–H groups in total. The van der Waals surface area contributed by atoms with Gasteiger partial charge in [0.2, 0.25) is 0 Å². The number of pyridine rings is 1. The van der Waals surface area contributed by atoms with Crippen molar-refractivity contribution < 1.29 is 9.21 Å². The summed E-state index contributed by atoms with van der Waals surface area (Å²) in [5.41, 5.74) is 2.47. The maximum Gasteiger partial charge on any atom is 0.261 e. The van der Waals surface area contributed by atoms with E-state index >= 15 is 0 Å². The first-order chi connectivity index (χ1) is 14.6. The molecule has 1 saturated heterocycles. The molecule has 3 aromatic rings. The number of likely N-dealkylation sites (tertiary alicyclic amines) is 1. The Labute approximate surface area is 175 Å². The number of rotatable bonds is 6. The van der Waals surface area contributed by atoms with Crippen molar-refractivity contribution in [2.24, 2.45) is 5.92 Å². The molecular formula is C24H27N3O3. The molecule has 2 aromatic heterocycles. The Morgan fingerprint density at radius 2 is 1.97 bits per heavy atom. The summed E-state index contributed by atoms with van der Waals surface area (Å²) >= 11 is 0. The van der Waals surface area contributed by atoms with Crippen molar-refractivity contribution in [3.8, 4) is 11.5 Å². The minimum Gasteiger partial charge on any atom is -0.463 e. The molecule has 0 aliphatic carbocycles. The summed E-state index contributed by atoms with van der Waals surface area (Å²) in [5, 5.41) is 2.82. The minimum absolute atomic E-state index is 0.0844. The molecule has 0 bridgehead atoms. The topological polar surface area (TPSA) is 78.3 Å². The van der Waals surface area contributed by atoms with Gasteiger partial charge in [-0.1, -0.05) is 31.2 Å². The maximum absolute atomic E-state index is 12.4. The van der Waals surface area contributed by atoms with Gasteiger partial charge in [-0.3, -0.25) is 14.5 Å². The van der Waals surface area contributed by atoms with Crippen LogP contribution in [0.5, 0.6) is 0 Å². The van der Waals surface area contributed by atoms with E-state index < -0.39 is 11.5 Å². The number of amides is 1. The van der Waals surface area contributed by atoms with Crippen LogP contribution in [0.1, 0.15) is 41.3 Å². The Bertz CT molecular complexity index is 1040. The summed E-state index contributed by atoms with van der Waals surface area (Å²) in [4.78, 5) is 29.9. The van der Waals surface area contributed by atoms with Crippen LogP contribution in [0.25, 0.3) is 11.5 Å². The highest BCUT2D eigenvalue weighted by atomic mass is 16.3. The van der Waals surface area contributed by atoms with E-state index in [0.29, 0.717) is 18.0 Å². The lowest BCUT2D eigenvalue weighted by atomic mass is 9.99. The Morgan fingerprint density at radius 1 is 1.17 bits per heavy atom. The van der Waals surface area contributed by atoms with Crippen molar-refractivity contribution >= 4 is 5.91 Å². The SMILES string of the molecule is CC1CCCN(Cc2ccc(CNC(=O)c3ccc(-c4ccco4)[nH]c3=O)cc2)C1. The molecule has 4 rings (SSSR count). The van der Waals surface area contributed by atoms with Crippen LogP contribution >= 0.6 is 0 Å². The first-order valence-corrected chi connectivity index (χ1v) is 10.4. The molecule has 1 fully saturated rings. The van der Waals surface area contributed by atoms with Gasteiger partial charge in [-0.2, -0.15) is 0 Å². The van der Waals surface area contributed by atoms with Crippen LogP contribution < -0.4 is 10.9 Å². The van der Waals surface area contributed by atoms with E-state index in [-0.39, 0.29) is 5.56 Å². The fourth-order valence-corrected chi connectivity index (χ4v) is 3.96. The third-order valence-electron chi connectivity index (χ3n) is 5.56. The average molecular weight is 405 g/mol. The second kappa shape index (κ2) is 9.13. The van der Waals surface area contributed by atoms with Crippen molar-refractivity contribution in [3.63, 3.8) is 0 Å². The van der Waals surface area contributed by atoms with Gasteiger partial charge >= 0.3 is 0 Å². The van der Waals surface area contributed by atoms with Crippen molar-refractivity contribution in [1.29, 1.82) is 0 Å². The Hall–Kier alpha value is -3.12. The first kappa shape index (κ1) is 20.2. The van der Waals surface area contributed by atoms with Crippen molar-refractivity contribution in [2.45, 2.75) is 32.9 Å². The molecule has 1 amide bonds. The molecule has 1 aliphatic rings. The summed E-state index contributed by atoms with van der Waals surface area (Å²) < 4.78 is 5.27. The molecule has 156 valence electrons. The number of benzene rings is 1. The van der Waals surface area contributed by atoms with Crippen LogP contribution in [0.3, 0.4) is 0 Å². The Kier molecular flexibility index (Phi) is 6.14. The number of H-pyrrole nitrogens is 1. The summed E-state index contributed by atoms with van der Waals surface area (Å²) in [6.45, 7) is 5.97. The summed E-state index contributed by atoms with van der Waals surface area (Å²) in [5.74, 6) is 0.927. The fourth-order valence-electron chi connectivity index (χ4n) is 3.96. The van der Waals surface area contributed by atoms with E-state index in [2.05, 4.69) is 34.3 Å². The zero-order chi connectivity index (χ0) is 20.9. The van der Waals surface area contributed by atoms with Gasteiger partial charge in [-0.05, 0) is 60.7 Å². The van der Waals surface area contributed by atoms with Gasteiger partial charge in [0.05, 0.1) is 12.0 Å². The fraction of sp³-hybridized carbons (Fsp3) is 0.333. The second-order valence-corrected chi connectivity index (χ2v) is 8.07. The highest BCUT2D eigenvalue weighted by molar-refractivity contribution is 5.93. The molecule has 6 heteroatoms. The second-order valence-electron chi connectivity index (χ2n) is 8.07. The average Bonchev–Trinajstić information content (AvgIpc) is 3.28. The number of furan rings is 1. The number of nitrogens with one attached hydrogen (secondary N) is 2. The highest BCUT2D eigenvalue weighted by Gasteiger charge is 2.16. The molecule has 30 heavy (non-hydrogen) atoms. The van der Waals surface area contributed by atoms with Crippen molar-refractivity contribution in [1.82, 2.24) is 15.2 Å². The third-order valence-corrected chi connectivity index (χ3v) is 5.56. The van der Waals surface area contributed by atoms with E-state index in [9.17, 15) is 9.59 Å². The number of hydrogen-bond acceptors (Lipinski definition) is 4. The molecule has 1 atom stereocenters. The summed E-state index contributed by atoms with van der Waals surface area (Å²) in [6.07, 6.45) is 4.13. The third kappa shape index (κ3) is 4.89. The van der Waals surface area contributed by atoms with E-state index in [0.717, 1.165) is 31.1 Å². The molecule has 0 saturated carbocycles. The predicted molar refractivity (Wildman–Crippen MR) is 116 cm³/mol. The number of piperidine rings is 1. The van der Waals surface area contributed by atoms with E-state index in [1.165, 1.54) is 30.7 Å². The van der Waals surface area contributed by atoms with E-state index in [4.69, 9.17) is 4.42 Å². The van der Waals surface area contributed by atoms with Crippen molar-refractivity contribution in [2.75, 3.05) is 13.1 Å². The predicted octanol–water partition coefficient (Wildman–Crippen LogP) is 3.80. The molecule has 1 unspecified atom stereocenters. The normalized spacial score (nSPS) is 17.0. The van der Waals surface area contributed by atoms with Crippen LogP contribution in [-0.4, -0.2) is 28.9 Å². The molecule has 6 nitrogen and oxygen atoms in total. The van der Waals surface area contributed by atoms with Gasteiger partial charge in [0.25, 0.3) is 11.5 Å². The van der Waals surface area contributed by atoms with Gasteiger partial charge in [0, 0.05) is 19.6 Å². The van der Waals surface area contributed by atoms with Crippen LogP contribution in [0.15, 0.2) is 64.0 Å². The zero-order valence-corrected chi connectivity index (χ0v) is 17.2. The van der Waals surface area contributed by atoms with Gasteiger partial charge < -0.3 is 14.7 Å². The molecule has 0 radical (unpaired) electrons. The smallest absolute Gasteiger partial charge is 0.261 e. The van der Waals surface area contributed by atoms with Crippen LogP contribution in [0.2, 0.25) is 0 Å². The molecular weight excluding hydrogens is 378 g/mol. The number of hydrogen-bond donors (Lipinski definition) is 2. The standard InChI is InChI=1S/C24H27N3O3/c1-17-4-2-12-27(15-17)16-19-8-6-18(7-9-19)14-25-23(28)20-10-11-21(26-24(20)29)22-5-3-13-30-22/h3,5-11,13,17H,2,4,12,14-16H2,1H3,(H,25,28)(H,26,29). The lowest BCUT2D eigenvalue weighted by Gasteiger charge is -2.30. The number of nitrogens with zero attached hydrogens (tertiary/aromatic N) is 1. The number of aromatic nitrogens is 1. The maximum atomic E-state index is 12.4. The largest absolute Gasteiger partial charge is 0.463 e. The monoisotopic (exact) mass is 405 g/mol. The van der Waals surface area contributed by atoms with Gasteiger partial charge in [-0.25, -0.2) is 0 Å². The molecule has 3 heterocycles. The number of carbonyl (C=O) groups excluding carboxylic acids is 1. The highest BCUT2D eigenvalue weighted by Crippen LogP contribution is 2.18. The number of carbonyl (C=O) groups is 1. The Morgan fingerprint density at radius 3 is 2.67 bits per heavy atom. The van der Waals surface area contributed by atoms with Crippen LogP contribution in [-0.2, 0) is 13.1 Å². The zero-order valence-electron chi connectivity index (χ0n) is 17.2. The number of aromatic amines is 1. The molecule has 1 aliphatic heterocycles. The molecule has 0 spiro atoms. The van der Waals surface area contributed by atoms with E-state index in [1.54, 1.807) is 18.2 Å². The lowest BCUT2D eigenvalue weighted by Crippen LogP contribution is -2.33.